The van der Waals surface area contributed by atoms with Gasteiger partial charge in [-0.1, -0.05) is 121 Å². The molecule has 0 aliphatic carbocycles. The molecule has 0 aliphatic rings. The molecule has 3 heteroatoms. The second kappa shape index (κ2) is 10.8. The third-order valence-corrected chi connectivity index (χ3v) is 10.6. The second-order valence-corrected chi connectivity index (χ2v) is 13.4. The summed E-state index contributed by atoms with van der Waals surface area (Å²) in [5.41, 5.74) is 13.0. The van der Waals surface area contributed by atoms with Crippen molar-refractivity contribution in [2.75, 3.05) is 4.90 Å². The van der Waals surface area contributed by atoms with Crippen molar-refractivity contribution in [2.24, 2.45) is 0 Å². The fourth-order valence-electron chi connectivity index (χ4n) is 8.40. The minimum Gasteiger partial charge on any atom is -0.310 e. The van der Waals surface area contributed by atoms with Crippen LogP contribution in [0.25, 0.3) is 76.7 Å². The van der Waals surface area contributed by atoms with Crippen molar-refractivity contribution < 1.29 is 0 Å². The number of hydrogen-bond donors (Lipinski definition) is 0. The zero-order valence-corrected chi connectivity index (χ0v) is 27.7. The summed E-state index contributed by atoms with van der Waals surface area (Å²) in [4.78, 5) is 2.43. The lowest BCUT2D eigenvalue weighted by atomic mass is 10.0. The Bertz CT molecular complexity index is 2980. The highest BCUT2D eigenvalue weighted by Crippen LogP contribution is 2.45. The molecule has 0 bridgehead atoms. The third kappa shape index (κ3) is 4.12. The molecule has 0 atom stereocenters. The quantitative estimate of drug-likeness (QED) is 0.181. The molecule has 11 aromatic rings. The molecule has 0 unspecified atom stereocenters. The molecule has 0 radical (unpaired) electrons. The summed E-state index contributed by atoms with van der Waals surface area (Å²) >= 11 is 0. The Hall–Kier alpha value is -6.84. The molecular weight excluding hydrogens is 619 g/mol. The van der Waals surface area contributed by atoms with Crippen molar-refractivity contribution in [3.05, 3.63) is 188 Å². The molecule has 3 heterocycles. The van der Waals surface area contributed by atoms with E-state index >= 15 is 0 Å². The lowest BCUT2D eigenvalue weighted by Crippen LogP contribution is -2.10. The predicted molar refractivity (Wildman–Crippen MR) is 216 cm³/mol. The van der Waals surface area contributed by atoms with E-state index in [1.165, 1.54) is 71.0 Å². The van der Waals surface area contributed by atoms with Crippen molar-refractivity contribution in [1.82, 2.24) is 8.97 Å². The number of fused-ring (bicyclic) bond motifs is 9. The molecule has 51 heavy (non-hydrogen) atoms. The van der Waals surface area contributed by atoms with E-state index < -0.39 is 0 Å². The van der Waals surface area contributed by atoms with Gasteiger partial charge in [0.05, 0.1) is 27.6 Å². The maximum Gasteiger partial charge on any atom is 0.0622 e. The number of rotatable bonds is 5. The fourth-order valence-corrected chi connectivity index (χ4v) is 8.40. The molecule has 0 saturated heterocycles. The molecule has 0 fully saturated rings. The van der Waals surface area contributed by atoms with Crippen LogP contribution in [-0.4, -0.2) is 8.97 Å². The van der Waals surface area contributed by atoms with Crippen LogP contribution >= 0.6 is 0 Å². The molecule has 0 saturated carbocycles. The van der Waals surface area contributed by atoms with E-state index in [2.05, 4.69) is 202 Å². The van der Waals surface area contributed by atoms with Crippen LogP contribution in [0.3, 0.4) is 0 Å². The Labute approximate surface area is 294 Å². The van der Waals surface area contributed by atoms with Gasteiger partial charge in [-0.2, -0.15) is 0 Å². The topological polar surface area (TPSA) is 12.6 Å². The van der Waals surface area contributed by atoms with E-state index in [1.54, 1.807) is 0 Å². The second-order valence-electron chi connectivity index (χ2n) is 13.4. The van der Waals surface area contributed by atoms with Gasteiger partial charge in [-0.25, -0.2) is 0 Å². The summed E-state index contributed by atoms with van der Waals surface area (Å²) in [7, 11) is 0. The molecule has 3 aromatic heterocycles. The van der Waals surface area contributed by atoms with Crippen molar-refractivity contribution in [3.63, 3.8) is 0 Å². The van der Waals surface area contributed by atoms with Gasteiger partial charge in [0.1, 0.15) is 0 Å². The average Bonchev–Trinajstić information content (AvgIpc) is 3.84. The van der Waals surface area contributed by atoms with E-state index in [0.717, 1.165) is 22.7 Å². The van der Waals surface area contributed by atoms with Crippen molar-refractivity contribution >= 4 is 77.0 Å². The standard InChI is InChI=1S/C48H31N3/c1-3-13-32(14-4-1)33-23-25-35(26-24-33)49(36-27-28-41-38-17-7-10-20-44(38)50(47(41)31-36)34-15-5-2-6-16-34)37-29-42-39-18-8-11-21-45(39)51-46-22-12-9-19-40(46)43(30-37)48(42)51/h1-31H. The predicted octanol–water partition coefficient (Wildman–Crippen LogP) is 13.1. The van der Waals surface area contributed by atoms with E-state index in [0.29, 0.717) is 0 Å². The van der Waals surface area contributed by atoms with Crippen LogP contribution < -0.4 is 4.90 Å². The monoisotopic (exact) mass is 649 g/mol. The number of para-hydroxylation sites is 4. The minimum atomic E-state index is 1.11. The summed E-state index contributed by atoms with van der Waals surface area (Å²) in [6, 6.07) is 68.5. The Balaban J connectivity index is 1.21. The largest absolute Gasteiger partial charge is 0.310 e. The smallest absolute Gasteiger partial charge is 0.0622 e. The number of hydrogen-bond acceptors (Lipinski definition) is 1. The maximum absolute atomic E-state index is 2.45. The van der Waals surface area contributed by atoms with Crippen LogP contribution in [0.15, 0.2) is 188 Å². The Kier molecular flexibility index (Phi) is 5.96. The zero-order valence-electron chi connectivity index (χ0n) is 27.7. The molecule has 8 aromatic carbocycles. The highest BCUT2D eigenvalue weighted by atomic mass is 15.1. The van der Waals surface area contributed by atoms with Gasteiger partial charge in [0.15, 0.2) is 0 Å². The van der Waals surface area contributed by atoms with Gasteiger partial charge < -0.3 is 13.9 Å². The van der Waals surface area contributed by atoms with Gasteiger partial charge in [0.2, 0.25) is 0 Å². The molecule has 238 valence electrons. The third-order valence-electron chi connectivity index (χ3n) is 10.6. The van der Waals surface area contributed by atoms with Crippen molar-refractivity contribution in [3.8, 4) is 16.8 Å². The van der Waals surface area contributed by atoms with E-state index in [9.17, 15) is 0 Å². The number of benzene rings is 8. The van der Waals surface area contributed by atoms with Gasteiger partial charge in [-0.15, -0.1) is 0 Å². The van der Waals surface area contributed by atoms with Gasteiger partial charge in [-0.3, -0.25) is 0 Å². The molecular formula is C48H31N3. The van der Waals surface area contributed by atoms with E-state index in [-0.39, 0.29) is 0 Å². The first-order valence-electron chi connectivity index (χ1n) is 17.5. The van der Waals surface area contributed by atoms with Crippen molar-refractivity contribution in [2.45, 2.75) is 0 Å². The van der Waals surface area contributed by atoms with Gasteiger partial charge in [0.25, 0.3) is 0 Å². The Morgan fingerprint density at radius 2 is 0.804 bits per heavy atom. The van der Waals surface area contributed by atoms with Gasteiger partial charge >= 0.3 is 0 Å². The van der Waals surface area contributed by atoms with Crippen molar-refractivity contribution in [1.29, 1.82) is 0 Å². The van der Waals surface area contributed by atoms with Crippen LogP contribution in [-0.2, 0) is 0 Å². The normalized spacial score (nSPS) is 11.9. The molecule has 11 rings (SSSR count). The summed E-state index contributed by atoms with van der Waals surface area (Å²) in [5, 5.41) is 7.55. The minimum absolute atomic E-state index is 1.11. The first kappa shape index (κ1) is 28.0. The number of anilines is 3. The number of aromatic nitrogens is 2. The molecule has 3 nitrogen and oxygen atoms in total. The summed E-state index contributed by atoms with van der Waals surface area (Å²) < 4.78 is 4.85. The van der Waals surface area contributed by atoms with Crippen LogP contribution in [0.5, 0.6) is 0 Å². The van der Waals surface area contributed by atoms with E-state index in [4.69, 9.17) is 0 Å². The Morgan fingerprint density at radius 3 is 1.45 bits per heavy atom. The fraction of sp³-hybridized carbons (Fsp3) is 0. The summed E-state index contributed by atoms with van der Waals surface area (Å²) in [6.07, 6.45) is 0. The highest BCUT2D eigenvalue weighted by Gasteiger charge is 2.22. The van der Waals surface area contributed by atoms with Gasteiger partial charge in [0, 0.05) is 55.1 Å². The lowest BCUT2D eigenvalue weighted by Gasteiger charge is -2.26. The van der Waals surface area contributed by atoms with Gasteiger partial charge in [-0.05, 0) is 77.9 Å². The number of nitrogens with zero attached hydrogens (tertiary/aromatic N) is 3. The first-order valence-corrected chi connectivity index (χ1v) is 17.5. The van der Waals surface area contributed by atoms with Crippen LogP contribution in [0.2, 0.25) is 0 Å². The van der Waals surface area contributed by atoms with E-state index in [1.807, 2.05) is 0 Å². The average molecular weight is 650 g/mol. The lowest BCUT2D eigenvalue weighted by molar-refractivity contribution is 1.18. The molecule has 0 amide bonds. The molecule has 0 aliphatic heterocycles. The molecule has 0 spiro atoms. The Morgan fingerprint density at radius 1 is 0.314 bits per heavy atom. The van der Waals surface area contributed by atoms with Crippen LogP contribution in [0.4, 0.5) is 17.1 Å². The van der Waals surface area contributed by atoms with Crippen LogP contribution in [0.1, 0.15) is 0 Å². The molecule has 0 N–H and O–H groups in total. The van der Waals surface area contributed by atoms with Crippen LogP contribution in [0, 0.1) is 0 Å². The first-order chi connectivity index (χ1) is 25.3. The summed E-state index contributed by atoms with van der Waals surface area (Å²) in [5.74, 6) is 0. The maximum atomic E-state index is 2.45. The highest BCUT2D eigenvalue weighted by molar-refractivity contribution is 6.24. The SMILES string of the molecule is c1ccc(-c2ccc(N(c3cc4c5ccccc5n5c6ccccc6c(c3)c45)c3ccc4c5ccccc5n(-c5ccccc5)c4c3)cc2)cc1. The summed E-state index contributed by atoms with van der Waals surface area (Å²) in [6.45, 7) is 0. The zero-order chi connectivity index (χ0) is 33.5.